The lowest BCUT2D eigenvalue weighted by Gasteiger charge is -2.33. The van der Waals surface area contributed by atoms with Crippen LogP contribution in [0.3, 0.4) is 0 Å². The van der Waals surface area contributed by atoms with Crippen LogP contribution in [0.1, 0.15) is 38.8 Å². The van der Waals surface area contributed by atoms with Gasteiger partial charge in [-0.05, 0) is 26.0 Å². The minimum atomic E-state index is -0.152. The van der Waals surface area contributed by atoms with Crippen LogP contribution in [-0.4, -0.2) is 30.6 Å². The second kappa shape index (κ2) is 7.17. The molecule has 0 spiro atoms. The number of carbonyl (C=O) groups is 1. The summed E-state index contributed by atoms with van der Waals surface area (Å²) in [7, 11) is 1.44. The van der Waals surface area contributed by atoms with E-state index in [1.54, 1.807) is 0 Å². The van der Waals surface area contributed by atoms with E-state index in [0.717, 1.165) is 6.54 Å². The third kappa shape index (κ3) is 3.84. The fraction of sp³-hybridized carbons (Fsp3) is 0.533. The van der Waals surface area contributed by atoms with Gasteiger partial charge in [-0.25, -0.2) is 0 Å². The van der Waals surface area contributed by atoms with Gasteiger partial charge in [-0.15, -0.1) is 0 Å². The van der Waals surface area contributed by atoms with Crippen molar-refractivity contribution in [3.63, 3.8) is 0 Å². The molecule has 100 valence electrons. The van der Waals surface area contributed by atoms with Crippen LogP contribution in [0, 0.1) is 0 Å². The standard InChI is InChI=1S/C15H23NO2/c1-5-16(12(2)11-15(17)18-4)13(3)14-9-7-6-8-10-14/h6-10,12-13H,5,11H2,1-4H3/t12-,13-/m0/s1. The quantitative estimate of drug-likeness (QED) is 0.726. The van der Waals surface area contributed by atoms with Crippen LogP contribution in [0.15, 0.2) is 30.3 Å². The zero-order valence-corrected chi connectivity index (χ0v) is 11.7. The number of nitrogens with zero attached hydrogens (tertiary/aromatic N) is 1. The maximum Gasteiger partial charge on any atom is 0.307 e. The Labute approximate surface area is 110 Å². The van der Waals surface area contributed by atoms with Crippen molar-refractivity contribution < 1.29 is 9.53 Å². The number of ether oxygens (including phenoxy) is 1. The van der Waals surface area contributed by atoms with Gasteiger partial charge in [0.25, 0.3) is 0 Å². The summed E-state index contributed by atoms with van der Waals surface area (Å²) in [6, 6.07) is 10.8. The molecule has 0 unspecified atom stereocenters. The first-order valence-corrected chi connectivity index (χ1v) is 6.47. The van der Waals surface area contributed by atoms with Crippen molar-refractivity contribution in [2.45, 2.75) is 39.3 Å². The van der Waals surface area contributed by atoms with Crippen LogP contribution in [0.5, 0.6) is 0 Å². The molecule has 0 bridgehead atoms. The first-order chi connectivity index (χ1) is 8.60. The summed E-state index contributed by atoms with van der Waals surface area (Å²) in [5.74, 6) is -0.152. The van der Waals surface area contributed by atoms with Gasteiger partial charge < -0.3 is 4.74 Å². The second-order valence-electron chi connectivity index (χ2n) is 4.55. The fourth-order valence-electron chi connectivity index (χ4n) is 2.33. The summed E-state index contributed by atoms with van der Waals surface area (Å²) in [6.07, 6.45) is 0.432. The largest absolute Gasteiger partial charge is 0.469 e. The maximum atomic E-state index is 11.4. The van der Waals surface area contributed by atoms with E-state index in [0.29, 0.717) is 12.5 Å². The molecule has 0 radical (unpaired) electrons. The lowest BCUT2D eigenvalue weighted by Crippen LogP contribution is -2.36. The van der Waals surface area contributed by atoms with Gasteiger partial charge in [-0.3, -0.25) is 9.69 Å². The molecule has 1 aromatic carbocycles. The van der Waals surface area contributed by atoms with Crippen molar-refractivity contribution in [2.75, 3.05) is 13.7 Å². The van der Waals surface area contributed by atoms with Crippen LogP contribution in [0.4, 0.5) is 0 Å². The van der Waals surface area contributed by atoms with Crippen LogP contribution < -0.4 is 0 Å². The van der Waals surface area contributed by atoms with Gasteiger partial charge in [-0.1, -0.05) is 37.3 Å². The van der Waals surface area contributed by atoms with Crippen molar-refractivity contribution >= 4 is 5.97 Å². The first-order valence-electron chi connectivity index (χ1n) is 6.47. The molecule has 3 nitrogen and oxygen atoms in total. The Morgan fingerprint density at radius 3 is 2.39 bits per heavy atom. The van der Waals surface area contributed by atoms with Crippen molar-refractivity contribution in [1.82, 2.24) is 4.90 Å². The third-order valence-electron chi connectivity index (χ3n) is 3.40. The molecule has 2 atom stereocenters. The Bertz CT molecular complexity index is 364. The van der Waals surface area contributed by atoms with Gasteiger partial charge in [0.15, 0.2) is 0 Å². The Morgan fingerprint density at radius 2 is 1.89 bits per heavy atom. The van der Waals surface area contributed by atoms with Crippen LogP contribution in [0.25, 0.3) is 0 Å². The van der Waals surface area contributed by atoms with Crippen molar-refractivity contribution in [1.29, 1.82) is 0 Å². The molecule has 1 rings (SSSR count). The molecule has 0 heterocycles. The minimum absolute atomic E-state index is 0.152. The lowest BCUT2D eigenvalue weighted by atomic mass is 10.0. The third-order valence-corrected chi connectivity index (χ3v) is 3.40. The predicted octanol–water partition coefficient (Wildman–Crippen LogP) is 3.02. The molecule has 0 aliphatic carbocycles. The van der Waals surface area contributed by atoms with Gasteiger partial charge in [0, 0.05) is 12.1 Å². The average Bonchev–Trinajstić information content (AvgIpc) is 2.40. The summed E-state index contributed by atoms with van der Waals surface area (Å²) in [4.78, 5) is 13.7. The van der Waals surface area contributed by atoms with Gasteiger partial charge in [-0.2, -0.15) is 0 Å². The van der Waals surface area contributed by atoms with E-state index < -0.39 is 0 Å². The molecule has 0 amide bonds. The van der Waals surface area contributed by atoms with Gasteiger partial charge >= 0.3 is 5.97 Å². The highest BCUT2D eigenvalue weighted by atomic mass is 16.5. The van der Waals surface area contributed by atoms with Crippen LogP contribution >= 0.6 is 0 Å². The zero-order valence-electron chi connectivity index (χ0n) is 11.7. The molecular weight excluding hydrogens is 226 g/mol. The number of benzene rings is 1. The van der Waals surface area contributed by atoms with E-state index in [2.05, 4.69) is 37.8 Å². The second-order valence-corrected chi connectivity index (χ2v) is 4.55. The molecule has 18 heavy (non-hydrogen) atoms. The van der Waals surface area contributed by atoms with Crippen LogP contribution in [-0.2, 0) is 9.53 Å². The summed E-state index contributed by atoms with van der Waals surface area (Å²) >= 11 is 0. The molecule has 0 aromatic heterocycles. The molecule has 0 aliphatic heterocycles. The molecule has 0 N–H and O–H groups in total. The Balaban J connectivity index is 2.73. The summed E-state index contributed by atoms with van der Waals surface area (Å²) in [6.45, 7) is 7.27. The van der Waals surface area contributed by atoms with E-state index in [4.69, 9.17) is 4.74 Å². The predicted molar refractivity (Wildman–Crippen MR) is 73.3 cm³/mol. The molecule has 0 aliphatic rings. The maximum absolute atomic E-state index is 11.4. The summed E-state index contributed by atoms with van der Waals surface area (Å²) in [5.41, 5.74) is 1.27. The van der Waals surface area contributed by atoms with Crippen LogP contribution in [0.2, 0.25) is 0 Å². The average molecular weight is 249 g/mol. The zero-order chi connectivity index (χ0) is 13.5. The molecular formula is C15H23NO2. The highest BCUT2D eigenvalue weighted by molar-refractivity contribution is 5.69. The topological polar surface area (TPSA) is 29.5 Å². The normalized spacial score (nSPS) is 14.3. The smallest absolute Gasteiger partial charge is 0.307 e. The molecule has 3 heteroatoms. The number of hydrogen-bond acceptors (Lipinski definition) is 3. The number of methoxy groups -OCH3 is 1. The van der Waals surface area contributed by atoms with E-state index in [9.17, 15) is 4.79 Å². The number of carbonyl (C=O) groups excluding carboxylic acids is 1. The molecule has 0 fully saturated rings. The highest BCUT2D eigenvalue weighted by Crippen LogP contribution is 2.23. The van der Waals surface area contributed by atoms with Crippen molar-refractivity contribution in [2.24, 2.45) is 0 Å². The van der Waals surface area contributed by atoms with E-state index in [1.807, 2.05) is 18.2 Å². The SMILES string of the molecule is CCN([C@@H](C)CC(=O)OC)[C@@H](C)c1ccccc1. The first kappa shape index (κ1) is 14.7. The monoisotopic (exact) mass is 249 g/mol. The summed E-state index contributed by atoms with van der Waals surface area (Å²) < 4.78 is 4.74. The lowest BCUT2D eigenvalue weighted by molar-refractivity contribution is -0.142. The number of hydrogen-bond donors (Lipinski definition) is 0. The van der Waals surface area contributed by atoms with E-state index >= 15 is 0 Å². The highest BCUT2D eigenvalue weighted by Gasteiger charge is 2.22. The van der Waals surface area contributed by atoms with E-state index in [-0.39, 0.29) is 12.0 Å². The Kier molecular flexibility index (Phi) is 5.86. The molecule has 0 saturated heterocycles. The molecule has 1 aromatic rings. The van der Waals surface area contributed by atoms with Crippen molar-refractivity contribution in [3.05, 3.63) is 35.9 Å². The number of rotatable bonds is 6. The molecule has 0 saturated carbocycles. The number of esters is 1. The van der Waals surface area contributed by atoms with Gasteiger partial charge in [0.1, 0.15) is 0 Å². The van der Waals surface area contributed by atoms with Gasteiger partial charge in [0.05, 0.1) is 13.5 Å². The Morgan fingerprint density at radius 1 is 1.28 bits per heavy atom. The van der Waals surface area contributed by atoms with Crippen molar-refractivity contribution in [3.8, 4) is 0 Å². The Hall–Kier alpha value is -1.35. The van der Waals surface area contributed by atoms with E-state index in [1.165, 1.54) is 12.7 Å². The fourth-order valence-corrected chi connectivity index (χ4v) is 2.33. The minimum Gasteiger partial charge on any atom is -0.469 e. The summed E-state index contributed by atoms with van der Waals surface area (Å²) in [5, 5.41) is 0. The van der Waals surface area contributed by atoms with Gasteiger partial charge in [0.2, 0.25) is 0 Å².